The maximum atomic E-state index is 11.9. The first-order valence-electron chi connectivity index (χ1n) is 5.84. The summed E-state index contributed by atoms with van der Waals surface area (Å²) in [5, 5.41) is 4.72. The first kappa shape index (κ1) is 12.8. The van der Waals surface area contributed by atoms with E-state index < -0.39 is 0 Å². The van der Waals surface area contributed by atoms with Crippen LogP contribution >= 0.6 is 11.3 Å². The van der Waals surface area contributed by atoms with E-state index in [1.807, 2.05) is 6.92 Å². The van der Waals surface area contributed by atoms with E-state index in [0.29, 0.717) is 5.69 Å². The Balaban J connectivity index is 2.12. The predicted molar refractivity (Wildman–Crippen MR) is 73.9 cm³/mol. The van der Waals surface area contributed by atoms with Gasteiger partial charge in [0.1, 0.15) is 5.69 Å². The molecule has 0 radical (unpaired) electrons. The number of nitrogens with zero attached hydrogens (tertiary/aromatic N) is 1. The molecule has 2 rings (SSSR count). The van der Waals surface area contributed by atoms with Gasteiger partial charge < -0.3 is 5.32 Å². The predicted octanol–water partition coefficient (Wildman–Crippen LogP) is 3.25. The zero-order valence-corrected chi connectivity index (χ0v) is 11.5. The third-order valence-electron chi connectivity index (χ3n) is 2.90. The summed E-state index contributed by atoms with van der Waals surface area (Å²) in [5.41, 5.74) is 5.72. The van der Waals surface area contributed by atoms with Crippen molar-refractivity contribution >= 4 is 17.2 Å². The molecule has 0 saturated carbocycles. The maximum absolute atomic E-state index is 11.9. The van der Waals surface area contributed by atoms with Gasteiger partial charge in [-0.3, -0.25) is 4.79 Å². The van der Waals surface area contributed by atoms with Gasteiger partial charge in [0.25, 0.3) is 5.91 Å². The molecule has 0 fully saturated rings. The van der Waals surface area contributed by atoms with Crippen LogP contribution in [0.1, 0.15) is 40.1 Å². The van der Waals surface area contributed by atoms with Crippen molar-refractivity contribution in [2.24, 2.45) is 0 Å². The topological polar surface area (TPSA) is 42.0 Å². The standard InChI is InChI=1S/C14H16N2OS/c1-9-4-5-12(10(2)6-9)11(3)16-14(17)13-7-18-8-15-13/h4-8,11H,1-3H3,(H,16,17). The Bertz CT molecular complexity index is 549. The summed E-state index contributed by atoms with van der Waals surface area (Å²) in [6.07, 6.45) is 0. The molecule has 1 N–H and O–H groups in total. The van der Waals surface area contributed by atoms with Crippen molar-refractivity contribution in [2.45, 2.75) is 26.8 Å². The lowest BCUT2D eigenvalue weighted by molar-refractivity contribution is 0.0935. The molecule has 2 aromatic rings. The quantitative estimate of drug-likeness (QED) is 0.920. The summed E-state index contributed by atoms with van der Waals surface area (Å²) in [5.74, 6) is -0.122. The molecule has 0 aliphatic carbocycles. The molecule has 3 nitrogen and oxygen atoms in total. The summed E-state index contributed by atoms with van der Waals surface area (Å²) in [7, 11) is 0. The average molecular weight is 260 g/mol. The van der Waals surface area contributed by atoms with Crippen LogP contribution in [0.3, 0.4) is 0 Å². The van der Waals surface area contributed by atoms with Crippen molar-refractivity contribution in [3.63, 3.8) is 0 Å². The highest BCUT2D eigenvalue weighted by molar-refractivity contribution is 7.07. The van der Waals surface area contributed by atoms with Crippen molar-refractivity contribution in [1.29, 1.82) is 0 Å². The third-order valence-corrected chi connectivity index (χ3v) is 3.49. The molecular weight excluding hydrogens is 244 g/mol. The Morgan fingerprint density at radius 2 is 2.17 bits per heavy atom. The first-order valence-corrected chi connectivity index (χ1v) is 6.78. The van der Waals surface area contributed by atoms with Crippen LogP contribution in [0.4, 0.5) is 0 Å². The molecule has 1 heterocycles. The van der Waals surface area contributed by atoms with Crippen LogP contribution in [0.25, 0.3) is 0 Å². The van der Waals surface area contributed by atoms with Gasteiger partial charge in [0.05, 0.1) is 11.6 Å². The second-order valence-electron chi connectivity index (χ2n) is 4.43. The van der Waals surface area contributed by atoms with Crippen LogP contribution in [0.5, 0.6) is 0 Å². The summed E-state index contributed by atoms with van der Waals surface area (Å²) in [6.45, 7) is 6.12. The van der Waals surface area contributed by atoms with Crippen LogP contribution in [0, 0.1) is 13.8 Å². The van der Waals surface area contributed by atoms with Crippen LogP contribution < -0.4 is 5.32 Å². The van der Waals surface area contributed by atoms with Crippen LogP contribution in [0.15, 0.2) is 29.1 Å². The maximum Gasteiger partial charge on any atom is 0.271 e. The number of carbonyl (C=O) groups is 1. The molecule has 1 aromatic heterocycles. The smallest absolute Gasteiger partial charge is 0.271 e. The van der Waals surface area contributed by atoms with Crippen molar-refractivity contribution in [3.8, 4) is 0 Å². The molecule has 94 valence electrons. The van der Waals surface area contributed by atoms with Gasteiger partial charge in [-0.2, -0.15) is 0 Å². The fourth-order valence-electron chi connectivity index (χ4n) is 1.98. The highest BCUT2D eigenvalue weighted by atomic mass is 32.1. The van der Waals surface area contributed by atoms with Crippen molar-refractivity contribution in [1.82, 2.24) is 10.3 Å². The van der Waals surface area contributed by atoms with Crippen molar-refractivity contribution in [3.05, 3.63) is 51.5 Å². The minimum atomic E-state index is -0.122. The molecule has 18 heavy (non-hydrogen) atoms. The molecule has 1 amide bonds. The fourth-order valence-corrected chi connectivity index (χ4v) is 2.52. The van der Waals surface area contributed by atoms with E-state index in [2.05, 4.69) is 42.3 Å². The number of hydrogen-bond donors (Lipinski definition) is 1. The highest BCUT2D eigenvalue weighted by Crippen LogP contribution is 2.19. The Hall–Kier alpha value is -1.68. The minimum Gasteiger partial charge on any atom is -0.344 e. The first-order chi connectivity index (χ1) is 8.58. The van der Waals surface area contributed by atoms with E-state index in [0.717, 1.165) is 5.56 Å². The van der Waals surface area contributed by atoms with E-state index in [4.69, 9.17) is 0 Å². The van der Waals surface area contributed by atoms with Gasteiger partial charge >= 0.3 is 0 Å². The monoisotopic (exact) mass is 260 g/mol. The van der Waals surface area contributed by atoms with Crippen LogP contribution in [-0.2, 0) is 0 Å². The zero-order chi connectivity index (χ0) is 13.1. The minimum absolute atomic E-state index is 0.0141. The lowest BCUT2D eigenvalue weighted by atomic mass is 10.0. The van der Waals surface area contributed by atoms with Crippen molar-refractivity contribution < 1.29 is 4.79 Å². The van der Waals surface area contributed by atoms with E-state index >= 15 is 0 Å². The summed E-state index contributed by atoms with van der Waals surface area (Å²) in [4.78, 5) is 15.9. The molecule has 1 aromatic carbocycles. The zero-order valence-electron chi connectivity index (χ0n) is 10.7. The number of nitrogens with one attached hydrogen (secondary N) is 1. The molecular formula is C14H16N2OS. The molecule has 0 saturated heterocycles. The molecule has 0 spiro atoms. The van der Waals surface area contributed by atoms with Gasteiger partial charge in [-0.25, -0.2) is 4.98 Å². The SMILES string of the molecule is Cc1ccc(C(C)NC(=O)c2cscn2)c(C)c1. The summed E-state index contributed by atoms with van der Waals surface area (Å²) >= 11 is 1.42. The highest BCUT2D eigenvalue weighted by Gasteiger charge is 2.14. The number of amides is 1. The lowest BCUT2D eigenvalue weighted by Crippen LogP contribution is -2.27. The van der Waals surface area contributed by atoms with Gasteiger partial charge in [0.2, 0.25) is 0 Å². The lowest BCUT2D eigenvalue weighted by Gasteiger charge is -2.16. The van der Waals surface area contributed by atoms with Gasteiger partial charge in [0.15, 0.2) is 0 Å². The Kier molecular flexibility index (Phi) is 3.77. The second kappa shape index (κ2) is 5.31. The number of hydrogen-bond acceptors (Lipinski definition) is 3. The Morgan fingerprint density at radius 3 is 2.78 bits per heavy atom. The molecule has 0 aliphatic rings. The van der Waals surface area contributed by atoms with Gasteiger partial charge in [-0.1, -0.05) is 23.8 Å². The number of thiazole rings is 1. The molecule has 0 aliphatic heterocycles. The summed E-state index contributed by atoms with van der Waals surface area (Å²) in [6, 6.07) is 6.24. The summed E-state index contributed by atoms with van der Waals surface area (Å²) < 4.78 is 0. The van der Waals surface area contributed by atoms with E-state index in [1.54, 1.807) is 10.9 Å². The number of carbonyl (C=O) groups excluding carboxylic acids is 1. The van der Waals surface area contributed by atoms with Gasteiger partial charge in [-0.05, 0) is 31.9 Å². The van der Waals surface area contributed by atoms with E-state index in [-0.39, 0.29) is 11.9 Å². The molecule has 1 unspecified atom stereocenters. The molecule has 0 bridgehead atoms. The average Bonchev–Trinajstić information content (AvgIpc) is 2.81. The third kappa shape index (κ3) is 2.76. The van der Waals surface area contributed by atoms with Gasteiger partial charge in [0, 0.05) is 5.38 Å². The molecule has 4 heteroatoms. The number of benzene rings is 1. The van der Waals surface area contributed by atoms with E-state index in [1.165, 1.54) is 22.5 Å². The number of aromatic nitrogens is 1. The van der Waals surface area contributed by atoms with E-state index in [9.17, 15) is 4.79 Å². The Labute approximate surface area is 111 Å². The van der Waals surface area contributed by atoms with Crippen LogP contribution in [-0.4, -0.2) is 10.9 Å². The van der Waals surface area contributed by atoms with Crippen LogP contribution in [0.2, 0.25) is 0 Å². The molecule has 1 atom stereocenters. The number of aryl methyl sites for hydroxylation is 2. The van der Waals surface area contributed by atoms with Gasteiger partial charge in [-0.15, -0.1) is 11.3 Å². The second-order valence-corrected chi connectivity index (χ2v) is 5.15. The van der Waals surface area contributed by atoms with Crippen molar-refractivity contribution in [2.75, 3.05) is 0 Å². The number of rotatable bonds is 3. The fraction of sp³-hybridized carbons (Fsp3) is 0.286. The normalized spacial score (nSPS) is 12.2. The Morgan fingerprint density at radius 1 is 1.39 bits per heavy atom. The largest absolute Gasteiger partial charge is 0.344 e.